The number of carbonyl (C=O) groups is 1. The third-order valence-corrected chi connectivity index (χ3v) is 5.21. The van der Waals surface area contributed by atoms with E-state index in [0.29, 0.717) is 20.2 Å². The number of hydrogen-bond acceptors (Lipinski definition) is 3. The van der Waals surface area contributed by atoms with Crippen molar-refractivity contribution >= 4 is 49.9 Å². The van der Waals surface area contributed by atoms with Crippen LogP contribution >= 0.6 is 38.9 Å². The first kappa shape index (κ1) is 14.0. The molecule has 0 aliphatic heterocycles. The molecule has 1 aliphatic rings. The van der Waals surface area contributed by atoms with Gasteiger partial charge in [-0.3, -0.25) is 10.1 Å². The molecule has 1 aromatic heterocycles. The SMILES string of the molecule is O=C(Nc1nc2c(s1)CCCC2)c1ccc(Cl)cc1Br. The molecular weight excluding hydrogens is 360 g/mol. The zero-order chi connectivity index (χ0) is 14.1. The van der Waals surface area contributed by atoms with Gasteiger partial charge in [-0.25, -0.2) is 4.98 Å². The van der Waals surface area contributed by atoms with Crippen LogP contribution in [-0.2, 0) is 12.8 Å². The van der Waals surface area contributed by atoms with E-state index in [1.807, 2.05) is 0 Å². The zero-order valence-electron chi connectivity index (χ0n) is 10.6. The van der Waals surface area contributed by atoms with Gasteiger partial charge in [0.05, 0.1) is 11.3 Å². The molecule has 1 amide bonds. The lowest BCUT2D eigenvalue weighted by Crippen LogP contribution is -2.12. The summed E-state index contributed by atoms with van der Waals surface area (Å²) in [6, 6.07) is 5.12. The van der Waals surface area contributed by atoms with E-state index >= 15 is 0 Å². The van der Waals surface area contributed by atoms with Gasteiger partial charge in [-0.2, -0.15) is 0 Å². The minimum absolute atomic E-state index is 0.167. The van der Waals surface area contributed by atoms with Crippen LogP contribution in [-0.4, -0.2) is 10.9 Å². The maximum Gasteiger partial charge on any atom is 0.258 e. The number of thiazole rings is 1. The molecule has 0 unspecified atom stereocenters. The number of halogens is 2. The van der Waals surface area contributed by atoms with Crippen LogP contribution in [0.5, 0.6) is 0 Å². The topological polar surface area (TPSA) is 42.0 Å². The molecule has 1 heterocycles. The van der Waals surface area contributed by atoms with Gasteiger partial charge in [-0.05, 0) is 59.8 Å². The Morgan fingerprint density at radius 2 is 2.15 bits per heavy atom. The Bertz CT molecular complexity index is 648. The van der Waals surface area contributed by atoms with Crippen molar-refractivity contribution in [1.82, 2.24) is 4.98 Å². The van der Waals surface area contributed by atoms with Crippen molar-refractivity contribution in [2.75, 3.05) is 5.32 Å². The summed E-state index contributed by atoms with van der Waals surface area (Å²) in [4.78, 5) is 18.1. The Balaban J connectivity index is 1.80. The van der Waals surface area contributed by atoms with Gasteiger partial charge in [0.1, 0.15) is 0 Å². The summed E-state index contributed by atoms with van der Waals surface area (Å²) in [7, 11) is 0. The quantitative estimate of drug-likeness (QED) is 0.832. The fraction of sp³-hybridized carbons (Fsp3) is 0.286. The van der Waals surface area contributed by atoms with E-state index < -0.39 is 0 Å². The smallest absolute Gasteiger partial charge is 0.258 e. The Labute approximate surface area is 134 Å². The summed E-state index contributed by atoms with van der Waals surface area (Å²) in [5.74, 6) is -0.167. The number of nitrogens with zero attached hydrogens (tertiary/aromatic N) is 1. The lowest BCUT2D eigenvalue weighted by atomic mass is 10.0. The van der Waals surface area contributed by atoms with E-state index in [1.165, 1.54) is 17.7 Å². The van der Waals surface area contributed by atoms with Crippen molar-refractivity contribution in [2.45, 2.75) is 25.7 Å². The molecule has 3 rings (SSSR count). The van der Waals surface area contributed by atoms with Gasteiger partial charge in [0.25, 0.3) is 5.91 Å². The Hall–Kier alpha value is -0.910. The molecule has 2 aromatic rings. The van der Waals surface area contributed by atoms with Crippen LogP contribution in [0.25, 0.3) is 0 Å². The van der Waals surface area contributed by atoms with Gasteiger partial charge >= 0.3 is 0 Å². The number of rotatable bonds is 2. The van der Waals surface area contributed by atoms with Crippen molar-refractivity contribution in [2.24, 2.45) is 0 Å². The van der Waals surface area contributed by atoms with Crippen LogP contribution < -0.4 is 5.32 Å². The third kappa shape index (κ3) is 2.90. The number of fused-ring (bicyclic) bond motifs is 1. The van der Waals surface area contributed by atoms with E-state index in [9.17, 15) is 4.79 Å². The largest absolute Gasteiger partial charge is 0.298 e. The first-order valence-corrected chi connectivity index (χ1v) is 8.37. The number of aromatic nitrogens is 1. The number of hydrogen-bond donors (Lipinski definition) is 1. The zero-order valence-corrected chi connectivity index (χ0v) is 13.7. The number of benzene rings is 1. The average Bonchev–Trinajstić information content (AvgIpc) is 2.80. The van der Waals surface area contributed by atoms with Gasteiger partial charge < -0.3 is 0 Å². The highest BCUT2D eigenvalue weighted by Gasteiger charge is 2.17. The molecule has 1 aromatic carbocycles. The van der Waals surface area contributed by atoms with E-state index in [1.54, 1.807) is 29.5 Å². The summed E-state index contributed by atoms with van der Waals surface area (Å²) in [5.41, 5.74) is 1.70. The summed E-state index contributed by atoms with van der Waals surface area (Å²) in [6.07, 6.45) is 4.50. The summed E-state index contributed by atoms with van der Waals surface area (Å²) in [5, 5.41) is 4.15. The third-order valence-electron chi connectivity index (χ3n) is 3.24. The molecule has 0 saturated heterocycles. The summed E-state index contributed by atoms with van der Waals surface area (Å²) >= 11 is 10.8. The fourth-order valence-electron chi connectivity index (χ4n) is 2.24. The van der Waals surface area contributed by atoms with Gasteiger partial charge in [0.15, 0.2) is 5.13 Å². The second kappa shape index (κ2) is 5.84. The number of carbonyl (C=O) groups excluding carboxylic acids is 1. The maximum absolute atomic E-state index is 12.2. The van der Waals surface area contributed by atoms with Crippen molar-refractivity contribution in [3.05, 3.63) is 43.8 Å². The normalized spacial score (nSPS) is 13.9. The molecule has 1 N–H and O–H groups in total. The Morgan fingerprint density at radius 1 is 1.35 bits per heavy atom. The molecule has 6 heteroatoms. The molecule has 0 saturated carbocycles. The van der Waals surface area contributed by atoms with Crippen LogP contribution in [0.1, 0.15) is 33.8 Å². The average molecular weight is 372 g/mol. The number of anilines is 1. The molecule has 104 valence electrons. The van der Waals surface area contributed by atoms with Gasteiger partial charge in [0.2, 0.25) is 0 Å². The van der Waals surface area contributed by atoms with Crippen molar-refractivity contribution in [3.63, 3.8) is 0 Å². The molecule has 0 spiro atoms. The minimum Gasteiger partial charge on any atom is -0.298 e. The van der Waals surface area contributed by atoms with Crippen LogP contribution in [0.4, 0.5) is 5.13 Å². The monoisotopic (exact) mass is 370 g/mol. The highest BCUT2D eigenvalue weighted by Crippen LogP contribution is 2.30. The molecule has 0 atom stereocenters. The summed E-state index contributed by atoms with van der Waals surface area (Å²) in [6.45, 7) is 0. The van der Waals surface area contributed by atoms with Gasteiger partial charge in [-0.1, -0.05) is 11.6 Å². The van der Waals surface area contributed by atoms with Crippen molar-refractivity contribution in [3.8, 4) is 0 Å². The highest BCUT2D eigenvalue weighted by molar-refractivity contribution is 9.10. The predicted molar refractivity (Wildman–Crippen MR) is 85.9 cm³/mol. The lowest BCUT2D eigenvalue weighted by Gasteiger charge is -2.06. The number of amides is 1. The number of nitrogens with one attached hydrogen (secondary N) is 1. The maximum atomic E-state index is 12.2. The Morgan fingerprint density at radius 3 is 2.90 bits per heavy atom. The molecule has 0 bridgehead atoms. The molecule has 1 aliphatic carbocycles. The summed E-state index contributed by atoms with van der Waals surface area (Å²) < 4.78 is 0.684. The molecule has 0 radical (unpaired) electrons. The molecule has 20 heavy (non-hydrogen) atoms. The van der Waals surface area contributed by atoms with Crippen LogP contribution in [0.15, 0.2) is 22.7 Å². The highest BCUT2D eigenvalue weighted by atomic mass is 79.9. The van der Waals surface area contributed by atoms with E-state index in [0.717, 1.165) is 18.5 Å². The van der Waals surface area contributed by atoms with E-state index in [2.05, 4.69) is 26.2 Å². The standard InChI is InChI=1S/C14H12BrClN2OS/c15-10-7-8(16)5-6-9(10)13(19)18-14-17-11-3-1-2-4-12(11)20-14/h5-7H,1-4H2,(H,17,18,19). The second-order valence-electron chi connectivity index (χ2n) is 4.67. The van der Waals surface area contributed by atoms with Gasteiger partial charge in [-0.15, -0.1) is 11.3 Å². The molecule has 3 nitrogen and oxygen atoms in total. The van der Waals surface area contributed by atoms with Crippen molar-refractivity contribution in [1.29, 1.82) is 0 Å². The minimum atomic E-state index is -0.167. The molecule has 0 fully saturated rings. The van der Waals surface area contributed by atoms with Crippen LogP contribution in [0.2, 0.25) is 5.02 Å². The first-order valence-electron chi connectivity index (χ1n) is 6.38. The number of aryl methyl sites for hydroxylation is 2. The molecular formula is C14H12BrClN2OS. The lowest BCUT2D eigenvalue weighted by molar-refractivity contribution is 0.102. The van der Waals surface area contributed by atoms with E-state index in [-0.39, 0.29) is 5.91 Å². The Kier molecular flexibility index (Phi) is 4.10. The van der Waals surface area contributed by atoms with Gasteiger partial charge in [0, 0.05) is 14.4 Å². The van der Waals surface area contributed by atoms with Crippen molar-refractivity contribution < 1.29 is 4.79 Å². The predicted octanol–water partition coefficient (Wildman–Crippen LogP) is 4.69. The van der Waals surface area contributed by atoms with Crippen LogP contribution in [0.3, 0.4) is 0 Å². The first-order chi connectivity index (χ1) is 9.63. The second-order valence-corrected chi connectivity index (χ2v) is 7.05. The van der Waals surface area contributed by atoms with Crippen LogP contribution in [0, 0.1) is 0 Å². The fourth-order valence-corrected chi connectivity index (χ4v) is 4.15. The van der Waals surface area contributed by atoms with E-state index in [4.69, 9.17) is 11.6 Å².